The molecule has 0 bridgehead atoms. The molecule has 186 valence electrons. The van der Waals surface area contributed by atoms with E-state index in [0.717, 1.165) is 16.8 Å². The first-order chi connectivity index (χ1) is 17.2. The Morgan fingerprint density at radius 2 is 1.86 bits per heavy atom. The van der Waals surface area contributed by atoms with E-state index in [1.807, 2.05) is 0 Å². The molecule has 36 heavy (non-hydrogen) atoms. The van der Waals surface area contributed by atoms with Gasteiger partial charge < -0.3 is 20.3 Å². The van der Waals surface area contributed by atoms with Crippen LogP contribution in [0.4, 0.5) is 18.9 Å². The van der Waals surface area contributed by atoms with Gasteiger partial charge in [-0.15, -0.1) is 0 Å². The number of rotatable bonds is 7. The highest BCUT2D eigenvalue weighted by atomic mass is 19.4. The predicted molar refractivity (Wildman–Crippen MR) is 123 cm³/mol. The van der Waals surface area contributed by atoms with Gasteiger partial charge in [0.25, 0.3) is 11.5 Å². The van der Waals surface area contributed by atoms with E-state index in [1.165, 1.54) is 42.6 Å². The molecule has 12 heteroatoms. The van der Waals surface area contributed by atoms with Crippen molar-refractivity contribution >= 4 is 22.4 Å². The van der Waals surface area contributed by atoms with Crippen molar-refractivity contribution in [2.24, 2.45) is 0 Å². The maximum Gasteiger partial charge on any atom is 0.416 e. The first-order valence-corrected chi connectivity index (χ1v) is 10.6. The van der Waals surface area contributed by atoms with Crippen molar-refractivity contribution in [3.63, 3.8) is 0 Å². The number of carbonyl (C=O) groups is 1. The zero-order chi connectivity index (χ0) is 25.9. The summed E-state index contributed by atoms with van der Waals surface area (Å²) in [5, 5.41) is 25.3. The number of alkyl halides is 3. The van der Waals surface area contributed by atoms with Gasteiger partial charge in [0, 0.05) is 11.5 Å². The fourth-order valence-corrected chi connectivity index (χ4v) is 3.34. The third-order valence-corrected chi connectivity index (χ3v) is 5.07. The van der Waals surface area contributed by atoms with E-state index in [9.17, 15) is 27.9 Å². The Bertz CT molecular complexity index is 1470. The van der Waals surface area contributed by atoms with Crippen LogP contribution in [0.25, 0.3) is 16.5 Å². The van der Waals surface area contributed by atoms with Gasteiger partial charge in [-0.2, -0.15) is 23.0 Å². The minimum absolute atomic E-state index is 0.0316. The van der Waals surface area contributed by atoms with Crippen molar-refractivity contribution in [2.45, 2.75) is 12.3 Å². The van der Waals surface area contributed by atoms with E-state index in [0.29, 0.717) is 5.39 Å². The molecule has 1 unspecified atom stereocenters. The predicted octanol–water partition coefficient (Wildman–Crippen LogP) is 2.78. The fraction of sp³-hybridized carbons (Fsp3) is 0.167. The monoisotopic (exact) mass is 500 g/mol. The molecule has 0 radical (unpaired) electrons. The van der Waals surface area contributed by atoms with Crippen LogP contribution in [-0.4, -0.2) is 50.2 Å². The first kappa shape index (κ1) is 24.8. The van der Waals surface area contributed by atoms with Gasteiger partial charge in [0.15, 0.2) is 0 Å². The zero-order valence-electron chi connectivity index (χ0n) is 18.4. The summed E-state index contributed by atoms with van der Waals surface area (Å²) >= 11 is 0. The van der Waals surface area contributed by atoms with Gasteiger partial charge in [-0.25, -0.2) is 4.98 Å². The minimum Gasteiger partial charge on any atom is -0.475 e. The van der Waals surface area contributed by atoms with Gasteiger partial charge in [-0.3, -0.25) is 9.59 Å². The van der Waals surface area contributed by atoms with E-state index in [1.54, 1.807) is 12.1 Å². The van der Waals surface area contributed by atoms with E-state index in [-0.39, 0.29) is 34.9 Å². The van der Waals surface area contributed by atoms with Crippen molar-refractivity contribution in [2.75, 3.05) is 18.5 Å². The minimum atomic E-state index is -4.60. The lowest BCUT2D eigenvalue weighted by atomic mass is 10.1. The molecular formula is C24H19F3N4O5. The maximum absolute atomic E-state index is 13.2. The van der Waals surface area contributed by atoms with Crippen LogP contribution < -0.4 is 15.6 Å². The van der Waals surface area contributed by atoms with Crippen LogP contribution in [0.1, 0.15) is 16.1 Å². The van der Waals surface area contributed by atoms with Gasteiger partial charge in [0.05, 0.1) is 35.1 Å². The number of nitrogens with zero attached hydrogens (tertiary/aromatic N) is 3. The highest BCUT2D eigenvalue weighted by Crippen LogP contribution is 2.30. The van der Waals surface area contributed by atoms with Crippen LogP contribution in [0.3, 0.4) is 0 Å². The SMILES string of the molecule is O=C(Nc1cccc2cnn(-c3cccc(C(F)(F)F)c3)c(=O)c12)c1cccc(OCC(O)CO)n1. The van der Waals surface area contributed by atoms with Gasteiger partial charge >= 0.3 is 6.18 Å². The molecule has 4 rings (SSSR count). The quantitative estimate of drug-likeness (QED) is 0.356. The number of anilines is 1. The molecule has 0 saturated carbocycles. The van der Waals surface area contributed by atoms with Gasteiger partial charge in [0.1, 0.15) is 18.4 Å². The summed E-state index contributed by atoms with van der Waals surface area (Å²) in [6.07, 6.45) is -4.41. The summed E-state index contributed by atoms with van der Waals surface area (Å²) in [5.74, 6) is -0.651. The number of aliphatic hydroxyl groups excluding tert-OH is 2. The first-order valence-electron chi connectivity index (χ1n) is 10.6. The van der Waals surface area contributed by atoms with E-state index < -0.39 is 35.9 Å². The molecule has 4 aromatic rings. The molecule has 2 aromatic heterocycles. The Morgan fingerprint density at radius 3 is 2.61 bits per heavy atom. The fourth-order valence-electron chi connectivity index (χ4n) is 3.34. The molecule has 2 heterocycles. The summed E-state index contributed by atoms with van der Waals surface area (Å²) in [6, 6.07) is 13.2. The van der Waals surface area contributed by atoms with Crippen LogP contribution >= 0.6 is 0 Å². The zero-order valence-corrected chi connectivity index (χ0v) is 18.4. The van der Waals surface area contributed by atoms with E-state index in [4.69, 9.17) is 9.84 Å². The number of halogens is 3. The molecule has 0 aliphatic rings. The molecule has 0 aliphatic carbocycles. The van der Waals surface area contributed by atoms with Gasteiger partial charge in [-0.1, -0.05) is 24.3 Å². The number of hydrogen-bond donors (Lipinski definition) is 3. The number of ether oxygens (including phenoxy) is 1. The second-order valence-electron chi connectivity index (χ2n) is 7.64. The number of aromatic nitrogens is 3. The van der Waals surface area contributed by atoms with Gasteiger partial charge in [0.2, 0.25) is 5.88 Å². The molecule has 0 saturated heterocycles. The Morgan fingerprint density at radius 1 is 1.11 bits per heavy atom. The average Bonchev–Trinajstić information content (AvgIpc) is 2.87. The Labute approximate surface area is 201 Å². The lowest BCUT2D eigenvalue weighted by molar-refractivity contribution is -0.137. The molecule has 0 aliphatic heterocycles. The summed E-state index contributed by atoms with van der Waals surface area (Å²) in [5.41, 5.74) is -1.71. The molecule has 1 atom stereocenters. The number of hydrogen-bond acceptors (Lipinski definition) is 7. The third kappa shape index (κ3) is 5.34. The third-order valence-electron chi connectivity index (χ3n) is 5.07. The smallest absolute Gasteiger partial charge is 0.416 e. The van der Waals surface area contributed by atoms with Crippen molar-refractivity contribution in [3.05, 3.63) is 88.5 Å². The number of fused-ring (bicyclic) bond motifs is 1. The van der Waals surface area contributed by atoms with Crippen molar-refractivity contribution in [1.82, 2.24) is 14.8 Å². The number of benzene rings is 2. The van der Waals surface area contributed by atoms with Crippen LogP contribution in [0, 0.1) is 0 Å². The normalized spacial score (nSPS) is 12.4. The van der Waals surface area contributed by atoms with Crippen LogP contribution in [0.15, 0.2) is 71.7 Å². The van der Waals surface area contributed by atoms with Crippen molar-refractivity contribution in [1.29, 1.82) is 0 Å². The number of pyridine rings is 1. The second kappa shape index (κ2) is 10.1. The number of nitrogens with one attached hydrogen (secondary N) is 1. The topological polar surface area (TPSA) is 127 Å². The van der Waals surface area contributed by atoms with E-state index in [2.05, 4.69) is 15.4 Å². The molecular weight excluding hydrogens is 481 g/mol. The second-order valence-corrected chi connectivity index (χ2v) is 7.64. The molecule has 1 amide bonds. The molecule has 0 spiro atoms. The average molecular weight is 500 g/mol. The number of amides is 1. The number of aliphatic hydroxyl groups is 2. The largest absolute Gasteiger partial charge is 0.475 e. The Balaban J connectivity index is 1.68. The molecule has 2 aromatic carbocycles. The van der Waals surface area contributed by atoms with E-state index >= 15 is 0 Å². The standard InChI is InChI=1S/C24H19F3N4O5/c25-24(26,27)15-5-2-6-16(10-15)31-23(35)21-14(11-28-31)4-1-7-18(21)30-22(34)19-8-3-9-20(29-19)36-13-17(33)12-32/h1-11,17,32-33H,12-13H2,(H,30,34). The number of carbonyl (C=O) groups excluding carboxylic acids is 1. The van der Waals surface area contributed by atoms with Gasteiger partial charge in [-0.05, 0) is 30.3 Å². The summed E-state index contributed by atoms with van der Waals surface area (Å²) in [7, 11) is 0. The highest BCUT2D eigenvalue weighted by molar-refractivity contribution is 6.08. The summed E-state index contributed by atoms with van der Waals surface area (Å²) in [4.78, 5) is 30.2. The molecule has 0 fully saturated rings. The van der Waals surface area contributed by atoms with Crippen LogP contribution in [-0.2, 0) is 6.18 Å². The maximum atomic E-state index is 13.2. The highest BCUT2D eigenvalue weighted by Gasteiger charge is 2.30. The van der Waals surface area contributed by atoms with Crippen molar-refractivity contribution < 1.29 is 32.9 Å². The summed E-state index contributed by atoms with van der Waals surface area (Å²) in [6.45, 7) is -0.742. The molecule has 3 N–H and O–H groups in total. The lowest BCUT2D eigenvalue weighted by Gasteiger charge is -2.12. The Kier molecular flexibility index (Phi) is 6.99. The van der Waals surface area contributed by atoms with Crippen LogP contribution in [0.2, 0.25) is 0 Å². The van der Waals surface area contributed by atoms with Crippen molar-refractivity contribution in [3.8, 4) is 11.6 Å². The van der Waals surface area contributed by atoms with Crippen LogP contribution in [0.5, 0.6) is 5.88 Å². The summed E-state index contributed by atoms with van der Waals surface area (Å²) < 4.78 is 45.5. The lowest BCUT2D eigenvalue weighted by Crippen LogP contribution is -2.24. The molecule has 9 nitrogen and oxygen atoms in total. The Hall–Kier alpha value is -4.29.